The van der Waals surface area contributed by atoms with Crippen LogP contribution in [0.4, 0.5) is 0 Å². The number of rotatable bonds is 26. The number of benzene rings is 3. The standard InChI is InChI=1S/C52H64N6O8/c1-3-5-7-9-11-13-15-17-19-21-35-65-45-37-42(30-24-40-27-33-44(34-28-40)58-51(63)55-48(60)56-52(58)64)46(66-36-22-20-18-16-14-12-10-8-6-4-2)38-41(45)29-23-39-25-31-43(32-26-39)57-49(61)53-47(59)54-50(57)62/h25-28,31-34,37-38H,3-22,35-36H2,1-2H3,(H2,53,54,59,61,62)(H2,55,56,60,63,64). The minimum Gasteiger partial charge on any atom is -0.492 e. The zero-order chi connectivity index (χ0) is 46.9. The van der Waals surface area contributed by atoms with Crippen LogP contribution in [-0.2, 0) is 0 Å². The van der Waals surface area contributed by atoms with Crippen molar-refractivity contribution < 1.29 is 9.47 Å². The van der Waals surface area contributed by atoms with Crippen LogP contribution in [0.2, 0.25) is 0 Å². The molecule has 2 aromatic heterocycles. The second kappa shape index (κ2) is 27.5. The van der Waals surface area contributed by atoms with E-state index in [-0.39, 0.29) is 11.4 Å². The molecule has 4 N–H and O–H groups in total. The minimum atomic E-state index is -0.880. The van der Waals surface area contributed by atoms with E-state index in [9.17, 15) is 28.8 Å². The summed E-state index contributed by atoms with van der Waals surface area (Å²) in [4.78, 5) is 80.9. The van der Waals surface area contributed by atoms with E-state index in [0.717, 1.165) is 47.7 Å². The van der Waals surface area contributed by atoms with Crippen molar-refractivity contribution in [2.45, 2.75) is 142 Å². The lowest BCUT2D eigenvalue weighted by molar-refractivity contribution is 0.295. The Bertz CT molecular complexity index is 2530. The van der Waals surface area contributed by atoms with Crippen molar-refractivity contribution >= 4 is 0 Å². The highest BCUT2D eigenvalue weighted by molar-refractivity contribution is 5.61. The molecule has 14 heteroatoms. The second-order valence-corrected chi connectivity index (χ2v) is 16.5. The zero-order valence-electron chi connectivity index (χ0n) is 38.5. The van der Waals surface area contributed by atoms with Gasteiger partial charge in [0.15, 0.2) is 0 Å². The Hall–Kier alpha value is -6.80. The Morgan fingerprint density at radius 1 is 0.394 bits per heavy atom. The monoisotopic (exact) mass is 900 g/mol. The summed E-state index contributed by atoms with van der Waals surface area (Å²) in [5, 5.41) is 0. The van der Waals surface area contributed by atoms with Crippen molar-refractivity contribution in [2.75, 3.05) is 13.2 Å². The lowest BCUT2D eigenvalue weighted by Crippen LogP contribution is -2.42. The van der Waals surface area contributed by atoms with E-state index in [1.165, 1.54) is 89.9 Å². The fourth-order valence-electron chi connectivity index (χ4n) is 7.53. The molecule has 0 radical (unpaired) electrons. The number of nitrogens with one attached hydrogen (secondary N) is 4. The maximum atomic E-state index is 12.4. The molecular weight excluding hydrogens is 837 g/mol. The molecular formula is C52H64N6O8. The Morgan fingerprint density at radius 2 is 0.682 bits per heavy atom. The molecule has 66 heavy (non-hydrogen) atoms. The number of aromatic amines is 4. The number of ether oxygens (including phenoxy) is 2. The van der Waals surface area contributed by atoms with E-state index in [1.807, 2.05) is 12.1 Å². The molecule has 5 rings (SSSR count). The van der Waals surface area contributed by atoms with Gasteiger partial charge in [0.1, 0.15) is 11.5 Å². The fraction of sp³-hybridized carbons (Fsp3) is 0.462. The van der Waals surface area contributed by atoms with Gasteiger partial charge in [0.25, 0.3) is 0 Å². The van der Waals surface area contributed by atoms with E-state index in [2.05, 4.69) is 57.5 Å². The molecule has 0 aliphatic carbocycles. The van der Waals surface area contributed by atoms with Gasteiger partial charge >= 0.3 is 34.1 Å². The molecule has 0 amide bonds. The topological polar surface area (TPSA) is 194 Å². The molecule has 0 aliphatic rings. The van der Waals surface area contributed by atoms with Crippen LogP contribution in [0.25, 0.3) is 11.4 Å². The van der Waals surface area contributed by atoms with Crippen molar-refractivity contribution in [3.05, 3.63) is 146 Å². The quantitative estimate of drug-likeness (QED) is 0.0316. The molecule has 3 aromatic carbocycles. The number of aromatic nitrogens is 6. The van der Waals surface area contributed by atoms with Crippen molar-refractivity contribution in [1.82, 2.24) is 29.1 Å². The van der Waals surface area contributed by atoms with E-state index in [4.69, 9.17) is 9.47 Å². The van der Waals surface area contributed by atoms with Crippen LogP contribution < -0.4 is 43.6 Å². The normalized spacial score (nSPS) is 10.8. The molecule has 0 aliphatic heterocycles. The molecule has 0 bridgehead atoms. The first-order chi connectivity index (χ1) is 32.2. The average Bonchev–Trinajstić information content (AvgIpc) is 3.29. The van der Waals surface area contributed by atoms with Crippen LogP contribution in [0.15, 0.2) is 89.4 Å². The van der Waals surface area contributed by atoms with Gasteiger partial charge in [0.05, 0.1) is 35.7 Å². The summed E-state index contributed by atoms with van der Waals surface area (Å²) in [5.41, 5.74) is -2.21. The van der Waals surface area contributed by atoms with Crippen molar-refractivity contribution in [1.29, 1.82) is 0 Å². The van der Waals surface area contributed by atoms with Crippen LogP contribution in [0, 0.1) is 23.7 Å². The number of unbranched alkanes of at least 4 members (excludes halogenated alkanes) is 18. The predicted octanol–water partition coefficient (Wildman–Crippen LogP) is 8.14. The van der Waals surface area contributed by atoms with Crippen LogP contribution in [0.3, 0.4) is 0 Å². The Morgan fingerprint density at radius 3 is 0.985 bits per heavy atom. The predicted molar refractivity (Wildman–Crippen MR) is 260 cm³/mol. The van der Waals surface area contributed by atoms with Crippen molar-refractivity contribution in [3.8, 4) is 46.6 Å². The molecule has 0 unspecified atom stereocenters. The molecule has 350 valence electrons. The van der Waals surface area contributed by atoms with Crippen LogP contribution >= 0.6 is 0 Å². The summed E-state index contributed by atoms with van der Waals surface area (Å²) in [6.45, 7) is 5.44. The summed E-state index contributed by atoms with van der Waals surface area (Å²) in [6, 6.07) is 16.7. The van der Waals surface area contributed by atoms with Crippen LogP contribution in [0.5, 0.6) is 11.5 Å². The lowest BCUT2D eigenvalue weighted by atomic mass is 10.1. The molecule has 0 spiro atoms. The first-order valence-electron chi connectivity index (χ1n) is 23.8. The largest absolute Gasteiger partial charge is 0.492 e. The third-order valence-corrected chi connectivity index (χ3v) is 11.2. The first kappa shape index (κ1) is 50.2. The molecule has 14 nitrogen and oxygen atoms in total. The SMILES string of the molecule is CCCCCCCCCCCCOc1cc(C#Cc2ccc(-n3c(=O)[nH]c(=O)[nH]c3=O)cc2)c(OCCCCCCCCCCCC)cc1C#Cc1ccc(-n2c(=O)[nH]c(=O)[nH]c2=O)cc1. The lowest BCUT2D eigenvalue weighted by Gasteiger charge is -2.14. The molecule has 0 saturated heterocycles. The number of hydrogen-bond acceptors (Lipinski definition) is 8. The molecule has 2 heterocycles. The highest BCUT2D eigenvalue weighted by Gasteiger charge is 2.12. The van der Waals surface area contributed by atoms with E-state index in [1.54, 1.807) is 48.5 Å². The zero-order valence-corrected chi connectivity index (χ0v) is 38.5. The number of H-pyrrole nitrogens is 4. The number of nitrogens with zero attached hydrogens (tertiary/aromatic N) is 2. The summed E-state index contributed by atoms with van der Waals surface area (Å²) in [7, 11) is 0. The average molecular weight is 901 g/mol. The Kier molecular flexibility index (Phi) is 20.9. The van der Waals surface area contributed by atoms with E-state index >= 15 is 0 Å². The molecule has 0 fully saturated rings. The summed E-state index contributed by atoms with van der Waals surface area (Å²) < 4.78 is 14.6. The van der Waals surface area contributed by atoms with Gasteiger partial charge in [-0.2, -0.15) is 0 Å². The third-order valence-electron chi connectivity index (χ3n) is 11.2. The fourth-order valence-corrected chi connectivity index (χ4v) is 7.53. The Labute approximate surface area is 385 Å². The highest BCUT2D eigenvalue weighted by atomic mass is 16.5. The van der Waals surface area contributed by atoms with E-state index in [0.29, 0.717) is 47.0 Å². The molecule has 0 atom stereocenters. The van der Waals surface area contributed by atoms with Gasteiger partial charge in [0, 0.05) is 23.3 Å². The summed E-state index contributed by atoms with van der Waals surface area (Å²) in [6.07, 6.45) is 23.9. The van der Waals surface area contributed by atoms with Crippen molar-refractivity contribution in [3.63, 3.8) is 0 Å². The maximum Gasteiger partial charge on any atom is 0.338 e. The first-order valence-corrected chi connectivity index (χ1v) is 23.8. The Balaban J connectivity index is 1.39. The summed E-state index contributed by atoms with van der Waals surface area (Å²) in [5.74, 6) is 14.0. The maximum absolute atomic E-state index is 12.4. The third kappa shape index (κ3) is 16.3. The van der Waals surface area contributed by atoms with Crippen molar-refractivity contribution in [2.24, 2.45) is 0 Å². The van der Waals surface area contributed by atoms with Gasteiger partial charge in [-0.05, 0) is 61.4 Å². The second-order valence-electron chi connectivity index (χ2n) is 16.5. The van der Waals surface area contributed by atoms with Gasteiger partial charge in [-0.1, -0.05) is 153 Å². The van der Waals surface area contributed by atoms with Gasteiger partial charge in [-0.3, -0.25) is 19.9 Å². The summed E-state index contributed by atoms with van der Waals surface area (Å²) >= 11 is 0. The van der Waals surface area contributed by atoms with Gasteiger partial charge < -0.3 is 9.47 Å². The smallest absolute Gasteiger partial charge is 0.338 e. The van der Waals surface area contributed by atoms with Crippen LogP contribution in [-0.4, -0.2) is 42.3 Å². The highest BCUT2D eigenvalue weighted by Crippen LogP contribution is 2.30. The van der Waals surface area contributed by atoms with E-state index < -0.39 is 34.1 Å². The molecule has 0 saturated carbocycles. The van der Waals surface area contributed by atoms with Crippen LogP contribution in [0.1, 0.15) is 165 Å². The minimum absolute atomic E-state index is 0.266. The number of hydrogen-bond donors (Lipinski definition) is 4. The van der Waals surface area contributed by atoms with Gasteiger partial charge in [-0.25, -0.2) is 37.9 Å². The van der Waals surface area contributed by atoms with Gasteiger partial charge in [-0.15, -0.1) is 0 Å². The molecule has 5 aromatic rings. The van der Waals surface area contributed by atoms with Gasteiger partial charge in [0.2, 0.25) is 0 Å².